The van der Waals surface area contributed by atoms with Gasteiger partial charge in [-0.3, -0.25) is 9.69 Å². The van der Waals surface area contributed by atoms with Gasteiger partial charge in [0.1, 0.15) is 11.4 Å². The first-order chi connectivity index (χ1) is 19.4. The van der Waals surface area contributed by atoms with Crippen molar-refractivity contribution in [2.45, 2.75) is 62.8 Å². The van der Waals surface area contributed by atoms with E-state index >= 15 is 0 Å². The quantitative estimate of drug-likeness (QED) is 0.473. The van der Waals surface area contributed by atoms with Crippen LogP contribution >= 0.6 is 0 Å². The molecule has 40 heavy (non-hydrogen) atoms. The Morgan fingerprint density at radius 1 is 1.02 bits per heavy atom. The Hall–Kier alpha value is -3.35. The number of sulfonamides is 1. The normalized spacial score (nSPS) is 20.8. The minimum absolute atomic E-state index is 0.134. The Morgan fingerprint density at radius 3 is 2.50 bits per heavy atom. The Kier molecular flexibility index (Phi) is 6.36. The van der Waals surface area contributed by atoms with Gasteiger partial charge >= 0.3 is 0 Å². The molecule has 0 radical (unpaired) electrons. The molecule has 7 rings (SSSR count). The molecule has 0 atom stereocenters. The van der Waals surface area contributed by atoms with Crippen molar-refractivity contribution in [3.8, 4) is 5.69 Å². The maximum absolute atomic E-state index is 13.3. The highest BCUT2D eigenvalue weighted by Crippen LogP contribution is 2.36. The number of aliphatic imine (C=N–C) groups is 1. The molecule has 2 saturated heterocycles. The van der Waals surface area contributed by atoms with Crippen molar-refractivity contribution in [3.05, 3.63) is 53.3 Å². The molecule has 1 aliphatic carbocycles. The van der Waals surface area contributed by atoms with Crippen LogP contribution in [0.5, 0.6) is 0 Å². The standard InChI is InChI=1S/C28H34N8O3S/c1-19-3-5-21(6-4-19)36-26(31-28(37)24-16-30-35-12-2-11-29-27(24)35)15-25(32-36)20-9-13-33(14-10-20)22-17-34(18-22)40(38,39)23-7-8-23/h3-6,11,15-16,20,22-23H,2,7-10,12-14,17-18H2,1H3,(H,31,37). The summed E-state index contributed by atoms with van der Waals surface area (Å²) in [7, 11) is -3.07. The largest absolute Gasteiger partial charge is 0.306 e. The van der Waals surface area contributed by atoms with Gasteiger partial charge in [0.2, 0.25) is 10.0 Å². The molecule has 5 heterocycles. The van der Waals surface area contributed by atoms with E-state index in [4.69, 9.17) is 5.10 Å². The molecule has 3 aliphatic heterocycles. The first-order valence-corrected chi connectivity index (χ1v) is 15.7. The first-order valence-electron chi connectivity index (χ1n) is 14.2. The molecule has 11 nitrogen and oxygen atoms in total. The Balaban J connectivity index is 1.07. The number of hydrogen-bond donors (Lipinski definition) is 1. The molecule has 0 unspecified atom stereocenters. The van der Waals surface area contributed by atoms with Gasteiger partial charge in [-0.25, -0.2) is 22.8 Å². The molecule has 1 aromatic carbocycles. The molecule has 12 heteroatoms. The predicted molar refractivity (Wildman–Crippen MR) is 152 cm³/mol. The monoisotopic (exact) mass is 562 g/mol. The van der Waals surface area contributed by atoms with E-state index in [1.54, 1.807) is 15.2 Å². The molecule has 210 valence electrons. The second-order valence-electron chi connectivity index (χ2n) is 11.4. The minimum Gasteiger partial charge on any atom is -0.306 e. The van der Waals surface area contributed by atoms with Crippen LogP contribution in [0.2, 0.25) is 0 Å². The van der Waals surface area contributed by atoms with E-state index in [0.717, 1.165) is 62.1 Å². The average molecular weight is 563 g/mol. The fraction of sp³-hybridized carbons (Fsp3) is 0.500. The highest BCUT2D eigenvalue weighted by Gasteiger charge is 2.46. The summed E-state index contributed by atoms with van der Waals surface area (Å²) in [5, 5.41) is 12.2. The lowest BCUT2D eigenvalue weighted by Gasteiger charge is -2.46. The fourth-order valence-electron chi connectivity index (χ4n) is 5.92. The van der Waals surface area contributed by atoms with Crippen LogP contribution in [-0.4, -0.2) is 86.8 Å². The van der Waals surface area contributed by atoms with Gasteiger partial charge in [0.05, 0.1) is 22.8 Å². The summed E-state index contributed by atoms with van der Waals surface area (Å²) in [6.45, 7) is 5.81. The molecule has 1 amide bonds. The number of likely N-dealkylation sites (tertiary alicyclic amines) is 1. The summed E-state index contributed by atoms with van der Waals surface area (Å²) in [6, 6.07) is 10.4. The second-order valence-corrected chi connectivity index (χ2v) is 13.6. The van der Waals surface area contributed by atoms with Gasteiger partial charge in [0, 0.05) is 50.3 Å². The number of anilines is 1. The van der Waals surface area contributed by atoms with E-state index in [0.29, 0.717) is 42.9 Å². The predicted octanol–water partition coefficient (Wildman–Crippen LogP) is 3.09. The topological polar surface area (TPSA) is 118 Å². The zero-order valence-corrected chi connectivity index (χ0v) is 23.4. The molecule has 1 N–H and O–H groups in total. The second kappa shape index (κ2) is 9.93. The summed E-state index contributed by atoms with van der Waals surface area (Å²) < 4.78 is 30.2. The number of hydrogen-bond acceptors (Lipinski definition) is 7. The number of carbonyl (C=O) groups excluding carboxylic acids is 1. The van der Waals surface area contributed by atoms with Crippen LogP contribution in [0.4, 0.5) is 11.6 Å². The van der Waals surface area contributed by atoms with Crippen molar-refractivity contribution in [1.29, 1.82) is 0 Å². The zero-order valence-electron chi connectivity index (χ0n) is 22.6. The number of carbonyl (C=O) groups is 1. The molecule has 4 aliphatic rings. The fourth-order valence-corrected chi connectivity index (χ4v) is 7.83. The van der Waals surface area contributed by atoms with E-state index in [2.05, 4.69) is 20.3 Å². The van der Waals surface area contributed by atoms with Crippen LogP contribution in [-0.2, 0) is 16.6 Å². The van der Waals surface area contributed by atoms with Gasteiger partial charge in [-0.1, -0.05) is 17.7 Å². The highest BCUT2D eigenvalue weighted by atomic mass is 32.2. The number of amides is 1. The highest BCUT2D eigenvalue weighted by molar-refractivity contribution is 7.90. The molecule has 0 bridgehead atoms. The summed E-state index contributed by atoms with van der Waals surface area (Å²) in [5.74, 6) is 1.20. The van der Waals surface area contributed by atoms with Gasteiger partial charge in [-0.2, -0.15) is 14.5 Å². The van der Waals surface area contributed by atoms with Crippen LogP contribution in [0.3, 0.4) is 0 Å². The number of aryl methyl sites for hydroxylation is 2. The number of rotatable bonds is 7. The zero-order chi connectivity index (χ0) is 27.4. The van der Waals surface area contributed by atoms with Gasteiger partial charge in [0.25, 0.3) is 5.91 Å². The summed E-state index contributed by atoms with van der Waals surface area (Å²) in [6.07, 6.45) is 7.70. The average Bonchev–Trinajstić information content (AvgIpc) is 3.59. The lowest BCUT2D eigenvalue weighted by atomic mass is 9.92. The Bertz CT molecular complexity index is 1560. The van der Waals surface area contributed by atoms with Gasteiger partial charge in [-0.05, 0) is 57.8 Å². The molecule has 3 aromatic rings. The minimum atomic E-state index is -3.07. The molecule has 1 saturated carbocycles. The number of fused-ring (bicyclic) bond motifs is 1. The molecule has 3 fully saturated rings. The number of benzene rings is 1. The van der Waals surface area contributed by atoms with E-state index in [1.807, 2.05) is 48.2 Å². The summed E-state index contributed by atoms with van der Waals surface area (Å²) in [4.78, 5) is 20.2. The molecule has 0 spiro atoms. The summed E-state index contributed by atoms with van der Waals surface area (Å²) in [5.41, 5.74) is 3.43. The SMILES string of the molecule is Cc1ccc(-n2nc(C3CCN(C4CN(S(=O)(=O)C5CC5)C4)CC3)cc2NC(=O)c2cnn3c2N=CCC3)cc1. The number of nitrogens with zero attached hydrogens (tertiary/aromatic N) is 7. The Labute approximate surface area is 233 Å². The van der Waals surface area contributed by atoms with Crippen LogP contribution in [0.25, 0.3) is 5.69 Å². The van der Waals surface area contributed by atoms with E-state index in [9.17, 15) is 13.2 Å². The first kappa shape index (κ1) is 25.6. The van der Waals surface area contributed by atoms with Crippen molar-refractivity contribution in [2.24, 2.45) is 4.99 Å². The van der Waals surface area contributed by atoms with E-state index in [-0.39, 0.29) is 17.1 Å². The van der Waals surface area contributed by atoms with Crippen molar-refractivity contribution in [1.82, 2.24) is 28.8 Å². The van der Waals surface area contributed by atoms with Crippen molar-refractivity contribution >= 4 is 33.8 Å². The van der Waals surface area contributed by atoms with Crippen molar-refractivity contribution in [3.63, 3.8) is 0 Å². The van der Waals surface area contributed by atoms with Gasteiger partial charge < -0.3 is 5.32 Å². The molecule has 2 aromatic heterocycles. The third kappa shape index (κ3) is 4.67. The van der Waals surface area contributed by atoms with Crippen LogP contribution < -0.4 is 5.32 Å². The lowest BCUT2D eigenvalue weighted by Crippen LogP contribution is -2.62. The maximum atomic E-state index is 13.3. The molecular weight excluding hydrogens is 528 g/mol. The summed E-state index contributed by atoms with van der Waals surface area (Å²) >= 11 is 0. The lowest BCUT2D eigenvalue weighted by molar-refractivity contribution is 0.0659. The Morgan fingerprint density at radius 2 is 1.77 bits per heavy atom. The molecular formula is C28H34N8O3S. The maximum Gasteiger partial charge on any atom is 0.262 e. The third-order valence-corrected chi connectivity index (χ3v) is 10.9. The van der Waals surface area contributed by atoms with Crippen molar-refractivity contribution in [2.75, 3.05) is 31.5 Å². The van der Waals surface area contributed by atoms with Crippen LogP contribution in [0.15, 0.2) is 41.5 Å². The number of aromatic nitrogens is 4. The van der Waals surface area contributed by atoms with Crippen LogP contribution in [0, 0.1) is 6.92 Å². The van der Waals surface area contributed by atoms with E-state index < -0.39 is 10.0 Å². The number of nitrogens with one attached hydrogen (secondary N) is 1. The third-order valence-electron chi connectivity index (χ3n) is 8.59. The van der Waals surface area contributed by atoms with Gasteiger partial charge in [-0.15, -0.1) is 0 Å². The van der Waals surface area contributed by atoms with Crippen LogP contribution in [0.1, 0.15) is 59.6 Å². The van der Waals surface area contributed by atoms with Crippen molar-refractivity contribution < 1.29 is 13.2 Å². The number of piperidine rings is 1. The smallest absolute Gasteiger partial charge is 0.262 e. The van der Waals surface area contributed by atoms with Gasteiger partial charge in [0.15, 0.2) is 5.82 Å². The van der Waals surface area contributed by atoms with E-state index in [1.165, 1.54) is 0 Å².